The lowest BCUT2D eigenvalue weighted by Gasteiger charge is -2.00. The molecule has 0 saturated heterocycles. The van der Waals surface area contributed by atoms with Crippen LogP contribution in [0.25, 0.3) is 21.9 Å². The maximum Gasteiger partial charge on any atom is 0.308 e. The Morgan fingerprint density at radius 2 is 1.43 bits per heavy atom. The first-order chi connectivity index (χ1) is 10.0. The van der Waals surface area contributed by atoms with Crippen molar-refractivity contribution in [1.82, 2.24) is 0 Å². The summed E-state index contributed by atoms with van der Waals surface area (Å²) in [5.74, 6) is 0.123. The molecule has 0 atom stereocenters. The molecule has 106 valence electrons. The van der Waals surface area contributed by atoms with Gasteiger partial charge in [0, 0.05) is 30.7 Å². The Labute approximate surface area is 120 Å². The van der Waals surface area contributed by atoms with Gasteiger partial charge in [0.05, 0.1) is 0 Å². The first-order valence-corrected chi connectivity index (χ1v) is 6.36. The number of fused-ring (bicyclic) bond motifs is 3. The Kier molecular flexibility index (Phi) is 3.10. The Morgan fingerprint density at radius 3 is 2.10 bits per heavy atom. The zero-order valence-corrected chi connectivity index (χ0v) is 11.5. The Hall–Kier alpha value is -2.82. The summed E-state index contributed by atoms with van der Waals surface area (Å²) in [4.78, 5) is 22.0. The van der Waals surface area contributed by atoms with Crippen LogP contribution in [0, 0.1) is 0 Å². The highest BCUT2D eigenvalue weighted by atomic mass is 16.5. The van der Waals surface area contributed by atoms with Gasteiger partial charge >= 0.3 is 11.9 Å². The lowest BCUT2D eigenvalue weighted by atomic mass is 10.1. The smallest absolute Gasteiger partial charge is 0.308 e. The quantitative estimate of drug-likeness (QED) is 0.532. The third kappa shape index (κ3) is 2.58. The van der Waals surface area contributed by atoms with E-state index >= 15 is 0 Å². The van der Waals surface area contributed by atoms with Crippen molar-refractivity contribution in [3.05, 3.63) is 36.4 Å². The number of carbonyl (C=O) groups is 2. The molecule has 3 aromatic rings. The van der Waals surface area contributed by atoms with Gasteiger partial charge in [0.15, 0.2) is 0 Å². The summed E-state index contributed by atoms with van der Waals surface area (Å²) < 4.78 is 15.8. The van der Waals surface area contributed by atoms with Crippen LogP contribution in [0.1, 0.15) is 13.8 Å². The average Bonchev–Trinajstić information content (AvgIpc) is 2.74. The third-order valence-electron chi connectivity index (χ3n) is 2.94. The first-order valence-electron chi connectivity index (χ1n) is 6.36. The first kappa shape index (κ1) is 13.2. The van der Waals surface area contributed by atoms with Gasteiger partial charge in [-0.05, 0) is 30.3 Å². The number of furan rings is 1. The highest BCUT2D eigenvalue weighted by molar-refractivity contribution is 6.05. The number of benzene rings is 2. The summed E-state index contributed by atoms with van der Waals surface area (Å²) in [6, 6.07) is 10.3. The van der Waals surface area contributed by atoms with Gasteiger partial charge in [-0.15, -0.1) is 0 Å². The molecule has 5 nitrogen and oxygen atoms in total. The maximum atomic E-state index is 11.0. The molecule has 0 unspecified atom stereocenters. The fourth-order valence-corrected chi connectivity index (χ4v) is 2.20. The van der Waals surface area contributed by atoms with E-state index in [0.717, 1.165) is 10.8 Å². The van der Waals surface area contributed by atoms with Crippen LogP contribution < -0.4 is 9.47 Å². The van der Waals surface area contributed by atoms with Crippen molar-refractivity contribution >= 4 is 33.9 Å². The summed E-state index contributed by atoms with van der Waals surface area (Å²) in [6.45, 7) is 2.69. The number of hydrogen-bond acceptors (Lipinski definition) is 5. The second kappa shape index (κ2) is 4.94. The predicted octanol–water partition coefficient (Wildman–Crippen LogP) is 3.44. The van der Waals surface area contributed by atoms with Gasteiger partial charge in [0.1, 0.15) is 22.7 Å². The highest BCUT2D eigenvalue weighted by Gasteiger charge is 2.10. The Bertz CT molecular complexity index is 860. The summed E-state index contributed by atoms with van der Waals surface area (Å²) >= 11 is 0. The molecule has 0 N–H and O–H groups in total. The van der Waals surface area contributed by atoms with E-state index in [9.17, 15) is 9.59 Å². The minimum absolute atomic E-state index is 0.376. The van der Waals surface area contributed by atoms with Crippen molar-refractivity contribution in [3.8, 4) is 11.5 Å². The van der Waals surface area contributed by atoms with Crippen molar-refractivity contribution in [1.29, 1.82) is 0 Å². The molecular weight excluding hydrogens is 272 g/mol. The normalized spacial score (nSPS) is 10.8. The van der Waals surface area contributed by atoms with Crippen LogP contribution >= 0.6 is 0 Å². The van der Waals surface area contributed by atoms with Crippen molar-refractivity contribution in [2.24, 2.45) is 0 Å². The van der Waals surface area contributed by atoms with Crippen molar-refractivity contribution < 1.29 is 23.5 Å². The van der Waals surface area contributed by atoms with E-state index in [1.165, 1.54) is 13.8 Å². The molecule has 0 bridgehead atoms. The van der Waals surface area contributed by atoms with E-state index in [1.807, 2.05) is 0 Å². The molecule has 0 radical (unpaired) electrons. The van der Waals surface area contributed by atoms with Crippen LogP contribution in [0.3, 0.4) is 0 Å². The largest absolute Gasteiger partial charge is 0.456 e. The molecular formula is C16H12O5. The van der Waals surface area contributed by atoms with Gasteiger partial charge in [-0.1, -0.05) is 0 Å². The van der Waals surface area contributed by atoms with Crippen LogP contribution in [-0.4, -0.2) is 11.9 Å². The molecule has 0 aliphatic carbocycles. The summed E-state index contributed by atoms with van der Waals surface area (Å²) in [7, 11) is 0. The number of ether oxygens (including phenoxy) is 2. The van der Waals surface area contributed by atoms with Gasteiger partial charge < -0.3 is 13.9 Å². The SMILES string of the molecule is CC(=O)Oc1ccc2c(c1)oc1ccc(OC(C)=O)cc12. The van der Waals surface area contributed by atoms with Crippen molar-refractivity contribution in [2.45, 2.75) is 13.8 Å². The maximum absolute atomic E-state index is 11.0. The summed E-state index contributed by atoms with van der Waals surface area (Å²) in [5.41, 5.74) is 1.27. The summed E-state index contributed by atoms with van der Waals surface area (Å²) in [5, 5.41) is 1.69. The molecule has 0 amide bonds. The van der Waals surface area contributed by atoms with Gasteiger partial charge in [-0.25, -0.2) is 0 Å². The van der Waals surface area contributed by atoms with Gasteiger partial charge in [-0.2, -0.15) is 0 Å². The van der Waals surface area contributed by atoms with E-state index < -0.39 is 0 Å². The lowest BCUT2D eigenvalue weighted by molar-refractivity contribution is -0.132. The number of rotatable bonds is 2. The average molecular weight is 284 g/mol. The number of carbonyl (C=O) groups excluding carboxylic acids is 2. The van der Waals surface area contributed by atoms with Crippen LogP contribution in [0.2, 0.25) is 0 Å². The van der Waals surface area contributed by atoms with Crippen molar-refractivity contribution in [3.63, 3.8) is 0 Å². The standard InChI is InChI=1S/C16H12O5/c1-9(17)19-11-4-6-15-14(7-11)13-5-3-12(20-10(2)18)8-16(13)21-15/h3-8H,1-2H3. The highest BCUT2D eigenvalue weighted by Crippen LogP contribution is 2.33. The lowest BCUT2D eigenvalue weighted by Crippen LogP contribution is -2.00. The zero-order valence-electron chi connectivity index (χ0n) is 11.5. The molecule has 0 saturated carbocycles. The van der Waals surface area contributed by atoms with E-state index in [1.54, 1.807) is 36.4 Å². The third-order valence-corrected chi connectivity index (χ3v) is 2.94. The molecule has 5 heteroatoms. The minimum Gasteiger partial charge on any atom is -0.456 e. The molecule has 0 fully saturated rings. The number of hydrogen-bond donors (Lipinski definition) is 0. The molecule has 1 aromatic heterocycles. The summed E-state index contributed by atoms with van der Waals surface area (Å²) in [6.07, 6.45) is 0. The molecule has 2 aromatic carbocycles. The zero-order chi connectivity index (χ0) is 15.0. The molecule has 3 rings (SSSR count). The predicted molar refractivity (Wildman–Crippen MR) is 76.3 cm³/mol. The molecule has 0 aliphatic rings. The Morgan fingerprint density at radius 1 is 0.810 bits per heavy atom. The van der Waals surface area contributed by atoms with Crippen LogP contribution in [0.15, 0.2) is 40.8 Å². The van der Waals surface area contributed by atoms with Crippen molar-refractivity contribution in [2.75, 3.05) is 0 Å². The second-order valence-corrected chi connectivity index (χ2v) is 4.61. The Balaban J connectivity index is 2.11. The van der Waals surface area contributed by atoms with Gasteiger partial charge in [0.25, 0.3) is 0 Å². The second-order valence-electron chi connectivity index (χ2n) is 4.61. The molecule has 0 aliphatic heterocycles. The van der Waals surface area contributed by atoms with Gasteiger partial charge in [-0.3, -0.25) is 9.59 Å². The topological polar surface area (TPSA) is 65.7 Å². The van der Waals surface area contributed by atoms with Crippen LogP contribution in [0.4, 0.5) is 0 Å². The van der Waals surface area contributed by atoms with E-state index in [-0.39, 0.29) is 11.9 Å². The monoisotopic (exact) mass is 284 g/mol. The van der Waals surface area contributed by atoms with E-state index in [0.29, 0.717) is 22.7 Å². The number of esters is 2. The van der Waals surface area contributed by atoms with E-state index in [4.69, 9.17) is 13.9 Å². The van der Waals surface area contributed by atoms with E-state index in [2.05, 4.69) is 0 Å². The van der Waals surface area contributed by atoms with Crippen LogP contribution in [-0.2, 0) is 9.59 Å². The minimum atomic E-state index is -0.386. The van der Waals surface area contributed by atoms with Crippen LogP contribution in [0.5, 0.6) is 11.5 Å². The fraction of sp³-hybridized carbons (Fsp3) is 0.125. The van der Waals surface area contributed by atoms with Gasteiger partial charge in [0.2, 0.25) is 0 Å². The molecule has 1 heterocycles. The molecule has 21 heavy (non-hydrogen) atoms. The fourth-order valence-electron chi connectivity index (χ4n) is 2.20. The molecule has 0 spiro atoms.